The lowest BCUT2D eigenvalue weighted by atomic mass is 10.0. The topological polar surface area (TPSA) is 110 Å². The number of phenols is 1. The van der Waals surface area contributed by atoms with Crippen molar-refractivity contribution < 1.29 is 19.4 Å². The van der Waals surface area contributed by atoms with Crippen LogP contribution in [0.3, 0.4) is 0 Å². The number of methoxy groups -OCH3 is 1. The van der Waals surface area contributed by atoms with Gasteiger partial charge in [-0.1, -0.05) is 30.8 Å². The molecule has 0 radical (unpaired) electrons. The normalized spacial score (nSPS) is 15.6. The molecule has 1 saturated heterocycles. The third-order valence-electron chi connectivity index (χ3n) is 5.78. The van der Waals surface area contributed by atoms with E-state index in [2.05, 4.69) is 22.3 Å². The molecule has 2 heterocycles. The minimum Gasteiger partial charge on any atom is -0.507 e. The lowest BCUT2D eigenvalue weighted by molar-refractivity contribution is -0.133. The summed E-state index contributed by atoms with van der Waals surface area (Å²) in [6.45, 7) is 3.63. The van der Waals surface area contributed by atoms with Crippen molar-refractivity contribution in [2.45, 2.75) is 31.5 Å². The highest BCUT2D eigenvalue weighted by Gasteiger charge is 2.24. The molecule has 1 aliphatic heterocycles. The van der Waals surface area contributed by atoms with Gasteiger partial charge in [0.2, 0.25) is 11.8 Å². The summed E-state index contributed by atoms with van der Waals surface area (Å²) < 4.78 is 6.66. The zero-order valence-corrected chi connectivity index (χ0v) is 20.6. The standard InChI is InChI=1S/C25H29N5O4S/c1-17-6-5-13-29(14-17)23(33)15-30-25(27-24(28-30)20-7-3-4-8-21(20)31)35-16-22(32)26-18-9-11-19(34-2)12-10-18/h3-4,7-12,17,31H,5-6,13-16H2,1-2H3,(H,26,32). The van der Waals surface area contributed by atoms with E-state index < -0.39 is 0 Å². The van der Waals surface area contributed by atoms with Crippen LogP contribution in [0.5, 0.6) is 11.5 Å². The van der Waals surface area contributed by atoms with Crippen molar-refractivity contribution in [3.63, 3.8) is 0 Å². The van der Waals surface area contributed by atoms with Gasteiger partial charge in [-0.25, -0.2) is 9.67 Å². The number of likely N-dealkylation sites (tertiary alicyclic amines) is 1. The minimum atomic E-state index is -0.213. The van der Waals surface area contributed by atoms with Crippen LogP contribution in [0.15, 0.2) is 53.7 Å². The van der Waals surface area contributed by atoms with Crippen LogP contribution in [0.4, 0.5) is 5.69 Å². The molecular formula is C25H29N5O4S. The fraction of sp³-hybridized carbons (Fsp3) is 0.360. The summed E-state index contributed by atoms with van der Waals surface area (Å²) in [5, 5.41) is 18.0. The van der Waals surface area contributed by atoms with E-state index in [0.717, 1.165) is 25.9 Å². The summed E-state index contributed by atoms with van der Waals surface area (Å²) >= 11 is 1.19. The van der Waals surface area contributed by atoms with Crippen LogP contribution in [0.25, 0.3) is 11.4 Å². The fourth-order valence-corrected chi connectivity index (χ4v) is 4.70. The molecule has 9 nitrogen and oxygen atoms in total. The average molecular weight is 496 g/mol. The third-order valence-corrected chi connectivity index (χ3v) is 6.75. The maximum atomic E-state index is 13.0. The second kappa shape index (κ2) is 11.3. The highest BCUT2D eigenvalue weighted by atomic mass is 32.2. The van der Waals surface area contributed by atoms with Crippen LogP contribution in [0, 0.1) is 5.92 Å². The Labute approximate surface area is 208 Å². The molecule has 35 heavy (non-hydrogen) atoms. The number of carbonyl (C=O) groups excluding carboxylic acids is 2. The number of hydrogen-bond donors (Lipinski definition) is 2. The highest BCUT2D eigenvalue weighted by molar-refractivity contribution is 7.99. The van der Waals surface area contributed by atoms with Gasteiger partial charge in [0.1, 0.15) is 18.0 Å². The largest absolute Gasteiger partial charge is 0.507 e. The van der Waals surface area contributed by atoms with Gasteiger partial charge in [0.25, 0.3) is 0 Å². The highest BCUT2D eigenvalue weighted by Crippen LogP contribution is 2.28. The summed E-state index contributed by atoms with van der Waals surface area (Å²) in [5.41, 5.74) is 1.12. The first-order valence-corrected chi connectivity index (χ1v) is 12.5. The van der Waals surface area contributed by atoms with Crippen molar-refractivity contribution in [2.24, 2.45) is 5.92 Å². The maximum Gasteiger partial charge on any atom is 0.244 e. The van der Waals surface area contributed by atoms with Crippen molar-refractivity contribution in [3.8, 4) is 22.9 Å². The van der Waals surface area contributed by atoms with Gasteiger partial charge in [-0.15, -0.1) is 5.10 Å². The van der Waals surface area contributed by atoms with Crippen molar-refractivity contribution in [3.05, 3.63) is 48.5 Å². The molecule has 1 fully saturated rings. The number of anilines is 1. The average Bonchev–Trinajstić information content (AvgIpc) is 3.25. The van der Waals surface area contributed by atoms with E-state index in [1.165, 1.54) is 16.4 Å². The van der Waals surface area contributed by atoms with Gasteiger partial charge in [-0.2, -0.15) is 0 Å². The molecule has 1 aliphatic rings. The Morgan fingerprint density at radius 3 is 2.69 bits per heavy atom. The van der Waals surface area contributed by atoms with E-state index in [-0.39, 0.29) is 29.9 Å². The van der Waals surface area contributed by atoms with Crippen molar-refractivity contribution in [2.75, 3.05) is 31.3 Å². The number of benzene rings is 2. The number of aromatic nitrogens is 3. The first kappa shape index (κ1) is 24.6. The van der Waals surface area contributed by atoms with Gasteiger partial charge < -0.3 is 20.1 Å². The molecule has 0 bridgehead atoms. The van der Waals surface area contributed by atoms with E-state index in [1.54, 1.807) is 55.6 Å². The summed E-state index contributed by atoms with van der Waals surface area (Å²) in [5.74, 6) is 1.37. The van der Waals surface area contributed by atoms with Gasteiger partial charge in [-0.3, -0.25) is 9.59 Å². The third kappa shape index (κ3) is 6.33. The Kier molecular flexibility index (Phi) is 7.91. The molecule has 184 valence electrons. The minimum absolute atomic E-state index is 0.0236. The van der Waals surface area contributed by atoms with Gasteiger partial charge >= 0.3 is 0 Å². The molecule has 10 heteroatoms. The van der Waals surface area contributed by atoms with Gasteiger partial charge in [0.15, 0.2) is 11.0 Å². The SMILES string of the molecule is COc1ccc(NC(=O)CSc2nc(-c3ccccc3O)nn2CC(=O)N2CCCC(C)C2)cc1. The zero-order valence-electron chi connectivity index (χ0n) is 19.8. The second-order valence-electron chi connectivity index (χ2n) is 8.55. The Bertz CT molecular complexity index is 1180. The number of rotatable bonds is 8. The van der Waals surface area contributed by atoms with Crippen LogP contribution < -0.4 is 10.1 Å². The number of aromatic hydroxyl groups is 1. The van der Waals surface area contributed by atoms with Crippen molar-refractivity contribution >= 4 is 29.3 Å². The molecule has 0 saturated carbocycles. The molecule has 3 aromatic rings. The molecule has 4 rings (SSSR count). The number of nitrogens with zero attached hydrogens (tertiary/aromatic N) is 4. The molecule has 2 N–H and O–H groups in total. The monoisotopic (exact) mass is 495 g/mol. The summed E-state index contributed by atoms with van der Waals surface area (Å²) in [4.78, 5) is 32.0. The van der Waals surface area contributed by atoms with Crippen LogP contribution in [-0.2, 0) is 16.1 Å². The first-order chi connectivity index (χ1) is 16.9. The Hall–Kier alpha value is -3.53. The number of thioether (sulfide) groups is 1. The Balaban J connectivity index is 1.49. The number of ether oxygens (including phenoxy) is 1. The predicted molar refractivity (Wildman–Crippen MR) is 134 cm³/mol. The number of hydrogen-bond acceptors (Lipinski definition) is 7. The number of para-hydroxylation sites is 1. The molecule has 0 aliphatic carbocycles. The molecular weight excluding hydrogens is 466 g/mol. The molecule has 0 spiro atoms. The van der Waals surface area contributed by atoms with Crippen LogP contribution >= 0.6 is 11.8 Å². The van der Waals surface area contributed by atoms with E-state index in [4.69, 9.17) is 4.74 Å². The van der Waals surface area contributed by atoms with Crippen LogP contribution in [-0.4, -0.2) is 62.5 Å². The number of phenolic OH excluding ortho intramolecular Hbond substituents is 1. The van der Waals surface area contributed by atoms with E-state index in [9.17, 15) is 14.7 Å². The molecule has 1 unspecified atom stereocenters. The van der Waals surface area contributed by atoms with E-state index >= 15 is 0 Å². The summed E-state index contributed by atoms with van der Waals surface area (Å²) in [6.07, 6.45) is 2.11. The fourth-order valence-electron chi connectivity index (χ4n) is 3.96. The predicted octanol–water partition coefficient (Wildman–Crippen LogP) is 3.65. The number of nitrogens with one attached hydrogen (secondary N) is 1. The number of carbonyl (C=O) groups is 2. The quantitative estimate of drug-likeness (QED) is 0.459. The van der Waals surface area contributed by atoms with Crippen molar-refractivity contribution in [1.82, 2.24) is 19.7 Å². The number of piperidine rings is 1. The summed E-state index contributed by atoms with van der Waals surface area (Å²) in [6, 6.07) is 13.8. The summed E-state index contributed by atoms with van der Waals surface area (Å²) in [7, 11) is 1.58. The van der Waals surface area contributed by atoms with E-state index in [0.29, 0.717) is 33.9 Å². The smallest absolute Gasteiger partial charge is 0.244 e. The van der Waals surface area contributed by atoms with Crippen molar-refractivity contribution in [1.29, 1.82) is 0 Å². The van der Waals surface area contributed by atoms with Crippen LogP contribution in [0.1, 0.15) is 19.8 Å². The maximum absolute atomic E-state index is 13.0. The Morgan fingerprint density at radius 1 is 1.20 bits per heavy atom. The lowest BCUT2D eigenvalue weighted by Gasteiger charge is -2.31. The molecule has 1 aromatic heterocycles. The molecule has 2 aromatic carbocycles. The Morgan fingerprint density at radius 2 is 1.97 bits per heavy atom. The molecule has 2 amide bonds. The lowest BCUT2D eigenvalue weighted by Crippen LogP contribution is -2.41. The van der Waals surface area contributed by atoms with Crippen LogP contribution in [0.2, 0.25) is 0 Å². The van der Waals surface area contributed by atoms with Gasteiger partial charge in [-0.05, 0) is 55.2 Å². The first-order valence-electron chi connectivity index (χ1n) is 11.5. The molecule has 1 atom stereocenters. The van der Waals surface area contributed by atoms with Gasteiger partial charge in [0.05, 0.1) is 18.4 Å². The van der Waals surface area contributed by atoms with Gasteiger partial charge in [0, 0.05) is 18.8 Å². The zero-order chi connectivity index (χ0) is 24.8. The second-order valence-corrected chi connectivity index (χ2v) is 9.49. The number of amides is 2. The van der Waals surface area contributed by atoms with E-state index in [1.807, 2.05) is 4.90 Å².